The van der Waals surface area contributed by atoms with Crippen LogP contribution in [0.15, 0.2) is 48.5 Å². The van der Waals surface area contributed by atoms with Crippen LogP contribution in [0.3, 0.4) is 0 Å². The lowest BCUT2D eigenvalue weighted by Gasteiger charge is -2.11. The molecule has 0 spiro atoms. The third kappa shape index (κ3) is 4.12. The van der Waals surface area contributed by atoms with Crippen LogP contribution in [0.4, 0.5) is 11.5 Å². The molecular formula is C20H18N4O. The van der Waals surface area contributed by atoms with Crippen molar-refractivity contribution in [1.82, 2.24) is 9.97 Å². The summed E-state index contributed by atoms with van der Waals surface area (Å²) in [5.41, 5.74) is 3.24. The first kappa shape index (κ1) is 16.5. The van der Waals surface area contributed by atoms with Crippen LogP contribution in [-0.2, 0) is 4.79 Å². The van der Waals surface area contributed by atoms with Crippen LogP contribution in [-0.4, -0.2) is 30.0 Å². The lowest BCUT2D eigenvalue weighted by molar-refractivity contribution is -0.114. The van der Waals surface area contributed by atoms with Gasteiger partial charge >= 0.3 is 0 Å². The third-order valence-corrected chi connectivity index (χ3v) is 3.58. The van der Waals surface area contributed by atoms with E-state index in [-0.39, 0.29) is 5.91 Å². The van der Waals surface area contributed by atoms with Crippen molar-refractivity contribution in [2.45, 2.75) is 6.92 Å². The molecule has 0 aliphatic rings. The predicted molar refractivity (Wildman–Crippen MR) is 101 cm³/mol. The van der Waals surface area contributed by atoms with Crippen molar-refractivity contribution in [2.24, 2.45) is 0 Å². The van der Waals surface area contributed by atoms with Crippen LogP contribution in [0.2, 0.25) is 0 Å². The minimum absolute atomic E-state index is 0.163. The second-order valence-corrected chi connectivity index (χ2v) is 5.81. The summed E-state index contributed by atoms with van der Waals surface area (Å²) in [6, 6.07) is 15.4. The van der Waals surface area contributed by atoms with E-state index < -0.39 is 0 Å². The Labute approximate surface area is 146 Å². The van der Waals surface area contributed by atoms with E-state index in [0.717, 1.165) is 16.6 Å². The maximum Gasteiger partial charge on any atom is 0.222 e. The van der Waals surface area contributed by atoms with Gasteiger partial charge in [0.05, 0.1) is 0 Å². The van der Waals surface area contributed by atoms with Gasteiger partial charge in [0.2, 0.25) is 5.91 Å². The summed E-state index contributed by atoms with van der Waals surface area (Å²) in [5, 5.41) is 3.56. The molecule has 0 saturated heterocycles. The summed E-state index contributed by atoms with van der Waals surface area (Å²) in [5.74, 6) is 6.49. The fourth-order valence-electron chi connectivity index (χ4n) is 2.30. The van der Waals surface area contributed by atoms with Crippen LogP contribution >= 0.6 is 0 Å². The molecule has 5 heteroatoms. The van der Waals surface area contributed by atoms with Crippen LogP contribution in [0, 0.1) is 11.8 Å². The molecule has 2 heterocycles. The van der Waals surface area contributed by atoms with E-state index in [1.165, 1.54) is 6.92 Å². The Kier molecular flexibility index (Phi) is 4.62. The number of hydrogen-bond acceptors (Lipinski definition) is 4. The SMILES string of the molecule is CC(=O)Nc1ccc2ccc(C#Cc3ccc(N(C)C)cc3)nc2n1. The first-order valence-corrected chi connectivity index (χ1v) is 7.86. The number of anilines is 2. The van der Waals surface area contributed by atoms with E-state index >= 15 is 0 Å². The summed E-state index contributed by atoms with van der Waals surface area (Å²) in [7, 11) is 4.00. The van der Waals surface area contributed by atoms with E-state index in [1.807, 2.05) is 61.5 Å². The number of pyridine rings is 2. The second-order valence-electron chi connectivity index (χ2n) is 5.81. The van der Waals surface area contributed by atoms with Gasteiger partial charge in [0.1, 0.15) is 11.5 Å². The van der Waals surface area contributed by atoms with Crippen molar-refractivity contribution in [1.29, 1.82) is 0 Å². The van der Waals surface area contributed by atoms with Crippen LogP contribution in [0.25, 0.3) is 11.0 Å². The molecule has 0 aliphatic heterocycles. The molecule has 1 aromatic carbocycles. The first-order valence-electron chi connectivity index (χ1n) is 7.86. The molecule has 25 heavy (non-hydrogen) atoms. The number of benzene rings is 1. The zero-order valence-corrected chi connectivity index (χ0v) is 14.4. The lowest BCUT2D eigenvalue weighted by atomic mass is 10.2. The van der Waals surface area contributed by atoms with Gasteiger partial charge in [0.25, 0.3) is 0 Å². The summed E-state index contributed by atoms with van der Waals surface area (Å²) in [4.78, 5) is 22.0. The molecule has 5 nitrogen and oxygen atoms in total. The van der Waals surface area contributed by atoms with Crippen molar-refractivity contribution in [3.8, 4) is 11.8 Å². The van der Waals surface area contributed by atoms with E-state index in [0.29, 0.717) is 17.2 Å². The average Bonchev–Trinajstić information content (AvgIpc) is 2.59. The minimum Gasteiger partial charge on any atom is -0.378 e. The summed E-state index contributed by atoms with van der Waals surface area (Å²) < 4.78 is 0. The number of carbonyl (C=O) groups excluding carboxylic acids is 1. The van der Waals surface area contributed by atoms with Gasteiger partial charge in [0.15, 0.2) is 5.65 Å². The molecule has 0 radical (unpaired) electrons. The van der Waals surface area contributed by atoms with Gasteiger partial charge in [-0.05, 0) is 54.5 Å². The summed E-state index contributed by atoms with van der Waals surface area (Å²) in [6.45, 7) is 1.45. The number of fused-ring (bicyclic) bond motifs is 1. The number of hydrogen-bond donors (Lipinski definition) is 1. The van der Waals surface area contributed by atoms with Gasteiger partial charge in [-0.25, -0.2) is 9.97 Å². The molecule has 0 aliphatic carbocycles. The maximum absolute atomic E-state index is 11.1. The van der Waals surface area contributed by atoms with Crippen LogP contribution in [0.5, 0.6) is 0 Å². The average molecular weight is 330 g/mol. The molecule has 0 unspecified atom stereocenters. The summed E-state index contributed by atoms with van der Waals surface area (Å²) in [6.07, 6.45) is 0. The molecule has 3 rings (SSSR count). The molecular weight excluding hydrogens is 312 g/mol. The summed E-state index contributed by atoms with van der Waals surface area (Å²) >= 11 is 0. The Hall–Kier alpha value is -3.39. The third-order valence-electron chi connectivity index (χ3n) is 3.58. The number of nitrogens with one attached hydrogen (secondary N) is 1. The quantitative estimate of drug-likeness (QED) is 0.734. The molecule has 2 aromatic heterocycles. The zero-order chi connectivity index (χ0) is 17.8. The van der Waals surface area contributed by atoms with Gasteiger partial charge in [-0.3, -0.25) is 4.79 Å². The largest absolute Gasteiger partial charge is 0.378 e. The Morgan fingerprint density at radius 2 is 1.68 bits per heavy atom. The monoisotopic (exact) mass is 330 g/mol. The normalized spacial score (nSPS) is 10.0. The first-order chi connectivity index (χ1) is 12.0. The van der Waals surface area contributed by atoms with Gasteiger partial charge < -0.3 is 10.2 Å². The minimum atomic E-state index is -0.163. The molecule has 3 aromatic rings. The molecule has 0 fully saturated rings. The molecule has 1 amide bonds. The zero-order valence-electron chi connectivity index (χ0n) is 14.4. The van der Waals surface area contributed by atoms with Crippen molar-refractivity contribution < 1.29 is 4.79 Å². The smallest absolute Gasteiger partial charge is 0.222 e. The Morgan fingerprint density at radius 1 is 0.960 bits per heavy atom. The molecule has 0 saturated carbocycles. The predicted octanol–water partition coefficient (Wildman–Crippen LogP) is 3.05. The second kappa shape index (κ2) is 7.02. The fraction of sp³-hybridized carbons (Fsp3) is 0.150. The van der Waals surface area contributed by atoms with Crippen molar-refractivity contribution in [2.75, 3.05) is 24.3 Å². The van der Waals surface area contributed by atoms with Gasteiger partial charge in [-0.15, -0.1) is 0 Å². The van der Waals surface area contributed by atoms with Crippen molar-refractivity contribution >= 4 is 28.4 Å². The van der Waals surface area contributed by atoms with E-state index in [4.69, 9.17) is 0 Å². The standard InChI is InChI=1S/C20H18N4O/c1-14(25)21-19-13-8-16-7-10-17(22-20(16)23-19)9-4-15-5-11-18(12-6-15)24(2)3/h5-8,10-13H,1-3H3,(H,21,22,23,25). The molecule has 124 valence electrons. The molecule has 0 bridgehead atoms. The van der Waals surface area contributed by atoms with Crippen LogP contribution in [0.1, 0.15) is 18.2 Å². The van der Waals surface area contributed by atoms with Crippen LogP contribution < -0.4 is 10.2 Å². The van der Waals surface area contributed by atoms with Gasteiger partial charge in [0, 0.05) is 37.7 Å². The van der Waals surface area contributed by atoms with E-state index in [9.17, 15) is 4.79 Å². The highest BCUT2D eigenvalue weighted by Gasteiger charge is 2.02. The highest BCUT2D eigenvalue weighted by Crippen LogP contribution is 2.14. The van der Waals surface area contributed by atoms with Gasteiger partial charge in [-0.1, -0.05) is 5.92 Å². The number of rotatable bonds is 2. The number of carbonyl (C=O) groups is 1. The van der Waals surface area contributed by atoms with Crippen molar-refractivity contribution in [3.05, 3.63) is 59.8 Å². The topological polar surface area (TPSA) is 58.1 Å². The number of nitrogens with zero attached hydrogens (tertiary/aromatic N) is 3. The van der Waals surface area contributed by atoms with Gasteiger partial charge in [-0.2, -0.15) is 0 Å². The van der Waals surface area contributed by atoms with Crippen molar-refractivity contribution in [3.63, 3.8) is 0 Å². The fourth-order valence-corrected chi connectivity index (χ4v) is 2.30. The van der Waals surface area contributed by atoms with E-state index in [1.54, 1.807) is 6.07 Å². The Balaban J connectivity index is 1.87. The Bertz CT molecular complexity index is 982. The number of aromatic nitrogens is 2. The molecule has 1 N–H and O–H groups in total. The highest BCUT2D eigenvalue weighted by atomic mass is 16.1. The number of amides is 1. The van der Waals surface area contributed by atoms with E-state index in [2.05, 4.69) is 27.1 Å². The molecule has 0 atom stereocenters. The highest BCUT2D eigenvalue weighted by molar-refractivity contribution is 5.89. The Morgan fingerprint density at radius 3 is 2.36 bits per heavy atom. The lowest BCUT2D eigenvalue weighted by Crippen LogP contribution is -2.07. The maximum atomic E-state index is 11.1.